The fraction of sp³-hybridized carbons (Fsp3) is 0.312. The van der Waals surface area contributed by atoms with Crippen LogP contribution in [0.2, 0.25) is 0 Å². The number of nitrogens with zero attached hydrogens (tertiary/aromatic N) is 2. The normalized spacial score (nSPS) is 17.5. The van der Waals surface area contributed by atoms with Crippen molar-refractivity contribution in [2.75, 3.05) is 11.4 Å². The summed E-state index contributed by atoms with van der Waals surface area (Å²) in [7, 11) is 0. The van der Waals surface area contributed by atoms with Crippen LogP contribution in [0.1, 0.15) is 19.4 Å². The zero-order chi connectivity index (χ0) is 15.7. The van der Waals surface area contributed by atoms with Crippen molar-refractivity contribution in [2.24, 2.45) is 0 Å². The third kappa shape index (κ3) is 3.13. The first-order valence-electron chi connectivity index (χ1n) is 7.01. The molecule has 0 fully saturated rings. The molecular formula is C16H17N2O3S-. The van der Waals surface area contributed by atoms with Crippen LogP contribution in [0.25, 0.3) is 0 Å². The maximum atomic E-state index is 10.9. The van der Waals surface area contributed by atoms with Crippen LogP contribution in [0.15, 0.2) is 42.6 Å². The molecule has 6 heteroatoms. The summed E-state index contributed by atoms with van der Waals surface area (Å²) < 4.78 is 27.9. The van der Waals surface area contributed by atoms with Crippen LogP contribution in [0.4, 0.5) is 11.5 Å². The lowest BCUT2D eigenvalue weighted by molar-refractivity contribution is 0.108. The minimum absolute atomic E-state index is 0.00721. The van der Waals surface area contributed by atoms with Gasteiger partial charge in [0.1, 0.15) is 17.2 Å². The molecule has 2 aromatic rings. The average molecular weight is 317 g/mol. The van der Waals surface area contributed by atoms with Gasteiger partial charge in [0, 0.05) is 11.9 Å². The molecule has 1 atom stereocenters. The van der Waals surface area contributed by atoms with E-state index < -0.39 is 11.1 Å². The third-order valence-electron chi connectivity index (χ3n) is 3.45. The predicted molar refractivity (Wildman–Crippen MR) is 85.0 cm³/mol. The molecule has 0 N–H and O–H groups in total. The van der Waals surface area contributed by atoms with Gasteiger partial charge in [0.05, 0.1) is 12.2 Å². The molecule has 5 nitrogen and oxygen atoms in total. The molecule has 116 valence electrons. The summed E-state index contributed by atoms with van der Waals surface area (Å²) in [6, 6.07) is 11.2. The first kappa shape index (κ1) is 15.0. The molecule has 0 radical (unpaired) electrons. The third-order valence-corrected chi connectivity index (χ3v) is 4.02. The lowest BCUT2D eigenvalue weighted by Gasteiger charge is -2.40. The van der Waals surface area contributed by atoms with E-state index in [1.807, 2.05) is 44.2 Å². The maximum absolute atomic E-state index is 10.9. The second-order valence-corrected chi connectivity index (χ2v) is 6.78. The summed E-state index contributed by atoms with van der Waals surface area (Å²) in [5.74, 6) is 1.55. The monoisotopic (exact) mass is 317 g/mol. The molecule has 3 rings (SSSR count). The van der Waals surface area contributed by atoms with Crippen LogP contribution in [-0.4, -0.2) is 25.9 Å². The van der Waals surface area contributed by atoms with Crippen molar-refractivity contribution >= 4 is 22.6 Å². The van der Waals surface area contributed by atoms with Crippen molar-refractivity contribution in [3.05, 3.63) is 48.2 Å². The van der Waals surface area contributed by atoms with Crippen molar-refractivity contribution in [2.45, 2.75) is 25.2 Å². The van der Waals surface area contributed by atoms with E-state index in [-0.39, 0.29) is 11.4 Å². The zero-order valence-corrected chi connectivity index (χ0v) is 13.3. The summed E-state index contributed by atoms with van der Waals surface area (Å²) in [6.45, 7) is 4.68. The quantitative estimate of drug-likeness (QED) is 0.814. The number of hydrogen-bond donors (Lipinski definition) is 0. The standard InChI is InChI=1S/C16H18N2O3S/c1-16(2)11-18(15-5-3-4-8-17-15)13-9-12(10-22(19)20)6-7-14(13)21-16/h3-9H,10-11H2,1-2H3,(H,19,20)/p-1. The van der Waals surface area contributed by atoms with Crippen LogP contribution in [0.5, 0.6) is 5.75 Å². The Morgan fingerprint density at radius 1 is 1.36 bits per heavy atom. The number of fused-ring (bicyclic) bond motifs is 1. The molecule has 0 saturated carbocycles. The van der Waals surface area contributed by atoms with E-state index in [2.05, 4.69) is 9.88 Å². The Morgan fingerprint density at radius 2 is 2.18 bits per heavy atom. The number of benzene rings is 1. The predicted octanol–water partition coefficient (Wildman–Crippen LogP) is 2.77. The second-order valence-electron chi connectivity index (χ2n) is 5.89. The van der Waals surface area contributed by atoms with Gasteiger partial charge in [0.25, 0.3) is 0 Å². The average Bonchev–Trinajstić information content (AvgIpc) is 2.46. The number of ether oxygens (including phenoxy) is 1. The van der Waals surface area contributed by atoms with Crippen LogP contribution in [0, 0.1) is 0 Å². The van der Waals surface area contributed by atoms with Gasteiger partial charge in [-0.1, -0.05) is 23.2 Å². The number of hydrogen-bond acceptors (Lipinski definition) is 5. The molecule has 1 aromatic carbocycles. The Labute approximate surface area is 132 Å². The molecule has 1 unspecified atom stereocenters. The van der Waals surface area contributed by atoms with Crippen LogP contribution in [0.3, 0.4) is 0 Å². The fourth-order valence-corrected chi connectivity index (χ4v) is 3.05. The molecule has 2 heterocycles. The number of anilines is 2. The Kier molecular flexibility index (Phi) is 3.88. The summed E-state index contributed by atoms with van der Waals surface area (Å²) >= 11 is -2.11. The van der Waals surface area contributed by atoms with Crippen LogP contribution >= 0.6 is 0 Å². The lowest BCUT2D eigenvalue weighted by atomic mass is 10.0. The highest BCUT2D eigenvalue weighted by Gasteiger charge is 2.33. The highest BCUT2D eigenvalue weighted by atomic mass is 32.2. The Bertz CT molecular complexity index is 704. The minimum atomic E-state index is -2.11. The number of aromatic nitrogens is 1. The van der Waals surface area contributed by atoms with Gasteiger partial charge < -0.3 is 14.2 Å². The van der Waals surface area contributed by atoms with Crippen LogP contribution in [-0.2, 0) is 16.8 Å². The van der Waals surface area contributed by atoms with E-state index in [1.165, 1.54) is 0 Å². The molecule has 0 bridgehead atoms. The minimum Gasteiger partial charge on any atom is -0.772 e. The smallest absolute Gasteiger partial charge is 0.143 e. The molecule has 0 saturated heterocycles. The topological polar surface area (TPSA) is 65.5 Å². The first-order valence-corrected chi connectivity index (χ1v) is 8.25. The largest absolute Gasteiger partial charge is 0.772 e. The number of rotatable bonds is 3. The Hall–Kier alpha value is -1.92. The number of pyridine rings is 1. The van der Waals surface area contributed by atoms with E-state index >= 15 is 0 Å². The van der Waals surface area contributed by atoms with Gasteiger partial charge in [-0.15, -0.1) is 0 Å². The van der Waals surface area contributed by atoms with Gasteiger partial charge in [0.15, 0.2) is 0 Å². The summed E-state index contributed by atoms with van der Waals surface area (Å²) in [6.07, 6.45) is 1.74. The van der Waals surface area contributed by atoms with E-state index in [0.29, 0.717) is 6.54 Å². The van der Waals surface area contributed by atoms with Crippen molar-refractivity contribution in [3.63, 3.8) is 0 Å². The molecule has 0 spiro atoms. The van der Waals surface area contributed by atoms with E-state index in [0.717, 1.165) is 22.8 Å². The van der Waals surface area contributed by atoms with Crippen molar-refractivity contribution in [1.29, 1.82) is 0 Å². The van der Waals surface area contributed by atoms with Gasteiger partial charge >= 0.3 is 0 Å². The highest BCUT2D eigenvalue weighted by Crippen LogP contribution is 2.41. The van der Waals surface area contributed by atoms with Crippen molar-refractivity contribution in [3.8, 4) is 5.75 Å². The van der Waals surface area contributed by atoms with E-state index in [9.17, 15) is 8.76 Å². The zero-order valence-electron chi connectivity index (χ0n) is 12.5. The molecule has 22 heavy (non-hydrogen) atoms. The summed E-state index contributed by atoms with van der Waals surface area (Å²) in [4.78, 5) is 6.47. The SMILES string of the molecule is CC1(C)CN(c2ccccn2)c2cc(CS(=O)[O-])ccc2O1. The van der Waals surface area contributed by atoms with Crippen LogP contribution < -0.4 is 9.64 Å². The summed E-state index contributed by atoms with van der Waals surface area (Å²) in [5, 5.41) is 0. The molecule has 1 aliphatic heterocycles. The lowest BCUT2D eigenvalue weighted by Crippen LogP contribution is -2.45. The molecule has 1 aliphatic rings. The van der Waals surface area contributed by atoms with Gasteiger partial charge in [-0.25, -0.2) is 4.98 Å². The first-order chi connectivity index (χ1) is 10.4. The molecule has 0 aliphatic carbocycles. The van der Waals surface area contributed by atoms with Gasteiger partial charge in [-0.3, -0.25) is 4.21 Å². The van der Waals surface area contributed by atoms with E-state index in [1.54, 1.807) is 12.3 Å². The Morgan fingerprint density at radius 3 is 2.86 bits per heavy atom. The maximum Gasteiger partial charge on any atom is 0.143 e. The van der Waals surface area contributed by atoms with Crippen molar-refractivity contribution < 1.29 is 13.5 Å². The van der Waals surface area contributed by atoms with Gasteiger partial charge in [-0.05, 0) is 43.7 Å². The highest BCUT2D eigenvalue weighted by molar-refractivity contribution is 7.78. The molecule has 1 aromatic heterocycles. The Balaban J connectivity index is 2.06. The fourth-order valence-electron chi connectivity index (χ4n) is 2.60. The second kappa shape index (κ2) is 5.70. The van der Waals surface area contributed by atoms with Gasteiger partial charge in [0.2, 0.25) is 0 Å². The van der Waals surface area contributed by atoms with Gasteiger partial charge in [-0.2, -0.15) is 0 Å². The van der Waals surface area contributed by atoms with Crippen molar-refractivity contribution in [1.82, 2.24) is 4.98 Å². The molecule has 0 amide bonds. The van der Waals surface area contributed by atoms with E-state index in [4.69, 9.17) is 4.74 Å². The summed E-state index contributed by atoms with van der Waals surface area (Å²) in [5.41, 5.74) is 1.23. The molecular weight excluding hydrogens is 300 g/mol.